The number of anilines is 1. The lowest BCUT2D eigenvalue weighted by Crippen LogP contribution is -2.43. The van der Waals surface area contributed by atoms with Crippen molar-refractivity contribution in [1.82, 2.24) is 4.90 Å². The predicted octanol–water partition coefficient (Wildman–Crippen LogP) is 2.82. The highest BCUT2D eigenvalue weighted by molar-refractivity contribution is 5.92. The minimum Gasteiger partial charge on any atom is -0.326 e. The fourth-order valence-electron chi connectivity index (χ4n) is 2.04. The van der Waals surface area contributed by atoms with Crippen molar-refractivity contribution >= 4 is 11.7 Å². The van der Waals surface area contributed by atoms with Gasteiger partial charge in [-0.25, -0.2) is 4.79 Å². The van der Waals surface area contributed by atoms with Gasteiger partial charge in [0.1, 0.15) is 0 Å². The molecular weight excluding hydrogens is 238 g/mol. The molecule has 4 nitrogen and oxygen atoms in total. The molecule has 0 heterocycles. The van der Waals surface area contributed by atoms with Crippen molar-refractivity contribution in [2.45, 2.75) is 33.7 Å². The van der Waals surface area contributed by atoms with Crippen LogP contribution in [0.15, 0.2) is 24.3 Å². The molecule has 0 aliphatic carbocycles. The molecule has 0 atom stereocenters. The zero-order valence-corrected chi connectivity index (χ0v) is 12.2. The predicted molar refractivity (Wildman–Crippen MR) is 80.3 cm³/mol. The lowest BCUT2D eigenvalue weighted by molar-refractivity contribution is 0.210. The molecule has 19 heavy (non-hydrogen) atoms. The molecule has 0 unspecified atom stereocenters. The first-order valence-electron chi connectivity index (χ1n) is 7.03. The van der Waals surface area contributed by atoms with Gasteiger partial charge in [0, 0.05) is 31.9 Å². The van der Waals surface area contributed by atoms with Gasteiger partial charge in [-0.05, 0) is 38.0 Å². The number of urea groups is 1. The summed E-state index contributed by atoms with van der Waals surface area (Å²) in [5.41, 5.74) is 7.62. The molecule has 2 amide bonds. The van der Waals surface area contributed by atoms with E-state index in [2.05, 4.69) is 6.92 Å². The van der Waals surface area contributed by atoms with Crippen molar-refractivity contribution in [3.63, 3.8) is 0 Å². The van der Waals surface area contributed by atoms with Gasteiger partial charge in [0.05, 0.1) is 0 Å². The normalized spacial score (nSPS) is 10.3. The number of amides is 2. The summed E-state index contributed by atoms with van der Waals surface area (Å²) >= 11 is 0. The van der Waals surface area contributed by atoms with Crippen molar-refractivity contribution in [3.8, 4) is 0 Å². The Balaban J connectivity index is 2.94. The summed E-state index contributed by atoms with van der Waals surface area (Å²) in [6, 6.07) is 7.98. The van der Waals surface area contributed by atoms with Crippen molar-refractivity contribution in [2.75, 3.05) is 24.5 Å². The summed E-state index contributed by atoms with van der Waals surface area (Å²) in [5, 5.41) is 0. The minimum absolute atomic E-state index is 0.0762. The summed E-state index contributed by atoms with van der Waals surface area (Å²) in [6.45, 7) is 8.81. The molecule has 0 fully saturated rings. The molecule has 0 aliphatic heterocycles. The van der Waals surface area contributed by atoms with E-state index in [-0.39, 0.29) is 6.03 Å². The molecule has 0 spiro atoms. The lowest BCUT2D eigenvalue weighted by atomic mass is 10.2. The van der Waals surface area contributed by atoms with E-state index in [4.69, 9.17) is 5.73 Å². The van der Waals surface area contributed by atoms with Crippen molar-refractivity contribution in [3.05, 3.63) is 29.8 Å². The SMILES string of the molecule is CCCN(C(=O)N(CC)CC)c1ccc(CN)cc1. The van der Waals surface area contributed by atoms with Gasteiger partial charge in [-0.1, -0.05) is 19.1 Å². The van der Waals surface area contributed by atoms with Gasteiger partial charge in [-0.3, -0.25) is 4.90 Å². The Morgan fingerprint density at radius 2 is 1.68 bits per heavy atom. The van der Waals surface area contributed by atoms with Gasteiger partial charge in [0.2, 0.25) is 0 Å². The average molecular weight is 263 g/mol. The molecule has 0 saturated carbocycles. The van der Waals surface area contributed by atoms with E-state index in [1.165, 1.54) is 0 Å². The fourth-order valence-corrected chi connectivity index (χ4v) is 2.04. The summed E-state index contributed by atoms with van der Waals surface area (Å²) in [4.78, 5) is 16.2. The van der Waals surface area contributed by atoms with Crippen LogP contribution in [-0.2, 0) is 6.54 Å². The third-order valence-electron chi connectivity index (χ3n) is 3.20. The molecule has 0 saturated heterocycles. The smallest absolute Gasteiger partial charge is 0.324 e. The van der Waals surface area contributed by atoms with E-state index < -0.39 is 0 Å². The van der Waals surface area contributed by atoms with Gasteiger partial charge in [-0.15, -0.1) is 0 Å². The molecule has 4 heteroatoms. The number of rotatable bonds is 6. The molecule has 1 aromatic carbocycles. The van der Waals surface area contributed by atoms with E-state index in [0.717, 1.165) is 37.3 Å². The maximum atomic E-state index is 12.5. The first-order valence-corrected chi connectivity index (χ1v) is 7.03. The molecular formula is C15H25N3O. The topological polar surface area (TPSA) is 49.6 Å². The Morgan fingerprint density at radius 1 is 1.11 bits per heavy atom. The first-order chi connectivity index (χ1) is 9.17. The van der Waals surface area contributed by atoms with Crippen LogP contribution in [0.4, 0.5) is 10.5 Å². The van der Waals surface area contributed by atoms with Crippen LogP contribution in [0.25, 0.3) is 0 Å². The molecule has 2 N–H and O–H groups in total. The van der Waals surface area contributed by atoms with Gasteiger partial charge in [0.25, 0.3) is 0 Å². The molecule has 106 valence electrons. The van der Waals surface area contributed by atoms with Crippen molar-refractivity contribution in [1.29, 1.82) is 0 Å². The van der Waals surface area contributed by atoms with Crippen molar-refractivity contribution in [2.24, 2.45) is 5.73 Å². The number of nitrogens with zero attached hydrogens (tertiary/aromatic N) is 2. The number of nitrogens with two attached hydrogens (primary N) is 1. The van der Waals surface area contributed by atoms with E-state index in [1.54, 1.807) is 0 Å². The Bertz CT molecular complexity index is 385. The van der Waals surface area contributed by atoms with Gasteiger partial charge < -0.3 is 10.6 Å². The second-order valence-corrected chi connectivity index (χ2v) is 4.48. The van der Waals surface area contributed by atoms with Crippen LogP contribution in [0.5, 0.6) is 0 Å². The number of carbonyl (C=O) groups excluding carboxylic acids is 1. The van der Waals surface area contributed by atoms with Gasteiger partial charge in [-0.2, -0.15) is 0 Å². The van der Waals surface area contributed by atoms with Crippen LogP contribution in [-0.4, -0.2) is 30.6 Å². The highest BCUT2D eigenvalue weighted by atomic mass is 16.2. The van der Waals surface area contributed by atoms with E-state index in [9.17, 15) is 4.79 Å². The zero-order chi connectivity index (χ0) is 14.3. The standard InChI is InChI=1S/C15H25N3O/c1-4-11-18(15(19)17(5-2)6-3)14-9-7-13(12-16)8-10-14/h7-10H,4-6,11-12,16H2,1-3H3. The van der Waals surface area contributed by atoms with Gasteiger partial charge >= 0.3 is 6.03 Å². The zero-order valence-electron chi connectivity index (χ0n) is 12.2. The summed E-state index contributed by atoms with van der Waals surface area (Å²) in [6.07, 6.45) is 0.936. The summed E-state index contributed by atoms with van der Waals surface area (Å²) in [7, 11) is 0. The van der Waals surface area contributed by atoms with Crippen LogP contribution >= 0.6 is 0 Å². The average Bonchev–Trinajstić information content (AvgIpc) is 2.46. The quantitative estimate of drug-likeness (QED) is 0.858. The van der Waals surface area contributed by atoms with Crippen LogP contribution < -0.4 is 10.6 Å². The van der Waals surface area contributed by atoms with Crippen molar-refractivity contribution < 1.29 is 4.79 Å². The molecule has 0 aliphatic rings. The fraction of sp³-hybridized carbons (Fsp3) is 0.533. The number of carbonyl (C=O) groups is 1. The lowest BCUT2D eigenvalue weighted by Gasteiger charge is -2.29. The Labute approximate surface area is 116 Å². The third-order valence-corrected chi connectivity index (χ3v) is 3.20. The van der Waals surface area contributed by atoms with E-state index >= 15 is 0 Å². The number of benzene rings is 1. The monoisotopic (exact) mass is 263 g/mol. The Morgan fingerprint density at radius 3 is 2.11 bits per heavy atom. The van der Waals surface area contributed by atoms with E-state index in [1.807, 2.05) is 47.9 Å². The molecule has 0 radical (unpaired) electrons. The van der Waals surface area contributed by atoms with Crippen LogP contribution in [0, 0.1) is 0 Å². The number of hydrogen-bond acceptors (Lipinski definition) is 2. The van der Waals surface area contributed by atoms with E-state index in [0.29, 0.717) is 6.54 Å². The maximum absolute atomic E-state index is 12.5. The second kappa shape index (κ2) is 7.79. The van der Waals surface area contributed by atoms with Crippen LogP contribution in [0.2, 0.25) is 0 Å². The van der Waals surface area contributed by atoms with Gasteiger partial charge in [0.15, 0.2) is 0 Å². The first kappa shape index (κ1) is 15.5. The highest BCUT2D eigenvalue weighted by Gasteiger charge is 2.19. The molecule has 1 rings (SSSR count). The highest BCUT2D eigenvalue weighted by Crippen LogP contribution is 2.17. The minimum atomic E-state index is 0.0762. The van der Waals surface area contributed by atoms with Crippen LogP contribution in [0.1, 0.15) is 32.8 Å². The summed E-state index contributed by atoms with van der Waals surface area (Å²) in [5.74, 6) is 0. The second-order valence-electron chi connectivity index (χ2n) is 4.48. The largest absolute Gasteiger partial charge is 0.326 e. The number of hydrogen-bond donors (Lipinski definition) is 1. The Kier molecular flexibility index (Phi) is 6.36. The Hall–Kier alpha value is -1.55. The molecule has 0 aromatic heterocycles. The maximum Gasteiger partial charge on any atom is 0.324 e. The molecule has 0 bridgehead atoms. The molecule has 1 aromatic rings. The van der Waals surface area contributed by atoms with Crippen LogP contribution in [0.3, 0.4) is 0 Å². The third kappa shape index (κ3) is 3.96. The summed E-state index contributed by atoms with van der Waals surface area (Å²) < 4.78 is 0.